The van der Waals surface area contributed by atoms with Gasteiger partial charge in [-0.15, -0.1) is 11.3 Å². The number of ketones is 1. The summed E-state index contributed by atoms with van der Waals surface area (Å²) in [7, 11) is 0. The third-order valence-electron chi connectivity index (χ3n) is 5.88. The Morgan fingerprint density at radius 2 is 1.97 bits per heavy atom. The second-order valence-corrected chi connectivity index (χ2v) is 8.83. The Labute approximate surface area is 186 Å². The van der Waals surface area contributed by atoms with Gasteiger partial charge in [0.2, 0.25) is 5.78 Å². The molecule has 1 unspecified atom stereocenters. The van der Waals surface area contributed by atoms with Gasteiger partial charge in [-0.25, -0.2) is 0 Å². The molecule has 2 aliphatic rings. The molecule has 1 amide bonds. The van der Waals surface area contributed by atoms with Crippen LogP contribution in [-0.2, 0) is 4.79 Å². The largest absolute Gasteiger partial charge is 0.503 e. The van der Waals surface area contributed by atoms with Crippen LogP contribution in [0.25, 0.3) is 0 Å². The number of carbonyl (C=O) groups excluding carboxylic acids is 2. The van der Waals surface area contributed by atoms with Crippen LogP contribution in [0.4, 0.5) is 0 Å². The third-order valence-corrected chi connectivity index (χ3v) is 6.75. The van der Waals surface area contributed by atoms with Crippen LogP contribution in [0.3, 0.4) is 0 Å². The van der Waals surface area contributed by atoms with E-state index in [0.29, 0.717) is 23.8 Å². The van der Waals surface area contributed by atoms with E-state index in [1.165, 1.54) is 30.6 Å². The molecule has 1 N–H and O–H groups in total. The molecular weight excluding hydrogens is 412 g/mol. The fraction of sp³-hybridized carbons (Fsp3) is 0.417. The van der Waals surface area contributed by atoms with Gasteiger partial charge in [0.15, 0.2) is 5.76 Å². The number of piperidine rings is 1. The Morgan fingerprint density at radius 1 is 1.16 bits per heavy atom. The lowest BCUT2D eigenvalue weighted by atomic mass is 9.95. The Bertz CT molecular complexity index is 964. The van der Waals surface area contributed by atoms with Gasteiger partial charge in [0, 0.05) is 13.1 Å². The minimum atomic E-state index is -0.632. The zero-order chi connectivity index (χ0) is 21.8. The van der Waals surface area contributed by atoms with Gasteiger partial charge in [0.05, 0.1) is 23.1 Å². The Balaban J connectivity index is 1.67. The van der Waals surface area contributed by atoms with Crippen LogP contribution in [0, 0.1) is 0 Å². The molecule has 4 rings (SSSR count). The summed E-state index contributed by atoms with van der Waals surface area (Å²) in [6.45, 7) is 5.65. The number of aliphatic hydroxyl groups excluding tert-OH is 1. The number of benzene rings is 1. The quantitative estimate of drug-likeness (QED) is 0.623. The van der Waals surface area contributed by atoms with Crippen molar-refractivity contribution in [2.75, 3.05) is 32.8 Å². The lowest BCUT2D eigenvalue weighted by molar-refractivity contribution is -0.129. The highest BCUT2D eigenvalue weighted by atomic mass is 32.1. The molecule has 3 heterocycles. The molecule has 1 fully saturated rings. The van der Waals surface area contributed by atoms with E-state index in [4.69, 9.17) is 4.74 Å². The molecule has 2 aromatic rings. The Hall–Kier alpha value is -2.64. The first-order valence-corrected chi connectivity index (χ1v) is 11.8. The first kappa shape index (κ1) is 21.6. The number of amides is 1. The van der Waals surface area contributed by atoms with Crippen molar-refractivity contribution in [1.82, 2.24) is 9.80 Å². The lowest BCUT2D eigenvalue weighted by Crippen LogP contribution is -2.40. The van der Waals surface area contributed by atoms with Gasteiger partial charge in [0.1, 0.15) is 5.75 Å². The first-order valence-electron chi connectivity index (χ1n) is 10.9. The summed E-state index contributed by atoms with van der Waals surface area (Å²) in [5.41, 5.74) is 0.918. The third kappa shape index (κ3) is 4.52. The number of rotatable bonds is 8. The van der Waals surface area contributed by atoms with Crippen molar-refractivity contribution in [2.45, 2.75) is 32.2 Å². The standard InChI is InChI=1S/C24H28N2O4S/c1-2-30-18-9-6-8-17(16-18)21-20(22(27)19-10-7-15-31-19)23(28)24(29)26(21)14-13-25-11-4-3-5-12-25/h6-10,15-16,21,28H,2-5,11-14H2,1H3. The number of Topliss-reactive ketones (excluding diaryl/α,β-unsaturated/α-hetero) is 1. The van der Waals surface area contributed by atoms with Crippen LogP contribution in [0.15, 0.2) is 53.1 Å². The predicted molar refractivity (Wildman–Crippen MR) is 121 cm³/mol. The molecule has 0 saturated carbocycles. The van der Waals surface area contributed by atoms with Gasteiger partial charge in [-0.1, -0.05) is 24.6 Å². The zero-order valence-corrected chi connectivity index (χ0v) is 18.6. The molecule has 0 spiro atoms. The number of hydrogen-bond donors (Lipinski definition) is 1. The Kier molecular flexibility index (Phi) is 6.73. The van der Waals surface area contributed by atoms with Crippen molar-refractivity contribution < 1.29 is 19.4 Å². The summed E-state index contributed by atoms with van der Waals surface area (Å²) in [6.07, 6.45) is 3.58. The SMILES string of the molecule is CCOc1cccc(C2C(C(=O)c3cccs3)=C(O)C(=O)N2CCN2CCCCC2)c1. The fourth-order valence-corrected chi connectivity index (χ4v) is 5.05. The number of likely N-dealkylation sites (tertiary alicyclic amines) is 1. The van der Waals surface area contributed by atoms with Crippen LogP contribution >= 0.6 is 11.3 Å². The van der Waals surface area contributed by atoms with Crippen LogP contribution in [-0.4, -0.2) is 59.4 Å². The molecule has 0 bridgehead atoms. The van der Waals surface area contributed by atoms with Crippen LogP contribution < -0.4 is 4.74 Å². The number of ether oxygens (including phenoxy) is 1. The van der Waals surface area contributed by atoms with E-state index in [9.17, 15) is 14.7 Å². The van der Waals surface area contributed by atoms with Crippen LogP contribution in [0.2, 0.25) is 0 Å². The van der Waals surface area contributed by atoms with Gasteiger partial charge < -0.3 is 19.6 Å². The summed E-state index contributed by atoms with van der Waals surface area (Å²) in [5.74, 6) is -0.543. The number of aliphatic hydroxyl groups is 1. The molecule has 2 aliphatic heterocycles. The molecule has 0 aliphatic carbocycles. The van der Waals surface area contributed by atoms with Crippen molar-refractivity contribution in [3.63, 3.8) is 0 Å². The number of nitrogens with zero attached hydrogens (tertiary/aromatic N) is 2. The molecule has 7 heteroatoms. The maximum atomic E-state index is 13.3. The number of hydrogen-bond acceptors (Lipinski definition) is 6. The lowest BCUT2D eigenvalue weighted by Gasteiger charge is -2.31. The molecule has 1 atom stereocenters. The van der Waals surface area contributed by atoms with E-state index in [1.807, 2.05) is 36.6 Å². The van der Waals surface area contributed by atoms with E-state index in [-0.39, 0.29) is 11.4 Å². The van der Waals surface area contributed by atoms with E-state index in [0.717, 1.165) is 25.2 Å². The molecule has 1 aromatic heterocycles. The summed E-state index contributed by atoms with van der Waals surface area (Å²) < 4.78 is 5.65. The van der Waals surface area contributed by atoms with Gasteiger partial charge in [-0.2, -0.15) is 0 Å². The van der Waals surface area contributed by atoms with Gasteiger partial charge in [-0.05, 0) is 62.0 Å². The highest BCUT2D eigenvalue weighted by Crippen LogP contribution is 2.40. The van der Waals surface area contributed by atoms with Crippen molar-refractivity contribution in [2.24, 2.45) is 0 Å². The normalized spacial score (nSPS) is 19.8. The predicted octanol–water partition coefficient (Wildman–Crippen LogP) is 4.21. The summed E-state index contributed by atoms with van der Waals surface area (Å²) in [5, 5.41) is 12.6. The first-order chi connectivity index (χ1) is 15.1. The van der Waals surface area contributed by atoms with Crippen molar-refractivity contribution >= 4 is 23.0 Å². The summed E-state index contributed by atoms with van der Waals surface area (Å²) >= 11 is 1.31. The monoisotopic (exact) mass is 440 g/mol. The molecular formula is C24H28N2O4S. The topological polar surface area (TPSA) is 70.1 Å². The number of thiophene rings is 1. The molecule has 0 radical (unpaired) electrons. The highest BCUT2D eigenvalue weighted by Gasteiger charge is 2.44. The van der Waals surface area contributed by atoms with Crippen LogP contribution in [0.1, 0.15) is 47.5 Å². The molecule has 1 aromatic carbocycles. The Morgan fingerprint density at radius 3 is 2.68 bits per heavy atom. The van der Waals surface area contributed by atoms with Crippen molar-refractivity contribution in [3.8, 4) is 5.75 Å². The van der Waals surface area contributed by atoms with E-state index >= 15 is 0 Å². The zero-order valence-electron chi connectivity index (χ0n) is 17.8. The van der Waals surface area contributed by atoms with E-state index < -0.39 is 17.7 Å². The molecule has 31 heavy (non-hydrogen) atoms. The second-order valence-electron chi connectivity index (χ2n) is 7.88. The fourth-order valence-electron chi connectivity index (χ4n) is 4.38. The highest BCUT2D eigenvalue weighted by molar-refractivity contribution is 7.12. The van der Waals surface area contributed by atoms with Gasteiger partial charge in [0.25, 0.3) is 5.91 Å². The summed E-state index contributed by atoms with van der Waals surface area (Å²) in [4.78, 5) is 30.9. The van der Waals surface area contributed by atoms with Crippen molar-refractivity contribution in [1.29, 1.82) is 0 Å². The van der Waals surface area contributed by atoms with E-state index in [1.54, 1.807) is 17.0 Å². The maximum absolute atomic E-state index is 13.3. The second kappa shape index (κ2) is 9.66. The van der Waals surface area contributed by atoms with Crippen molar-refractivity contribution in [3.05, 3.63) is 63.6 Å². The van der Waals surface area contributed by atoms with Crippen LogP contribution in [0.5, 0.6) is 5.75 Å². The smallest absolute Gasteiger partial charge is 0.290 e. The van der Waals surface area contributed by atoms with Gasteiger partial charge in [-0.3, -0.25) is 9.59 Å². The number of carbonyl (C=O) groups is 2. The minimum Gasteiger partial charge on any atom is -0.503 e. The van der Waals surface area contributed by atoms with E-state index in [2.05, 4.69) is 4.90 Å². The average Bonchev–Trinajstić information content (AvgIpc) is 3.41. The molecule has 6 nitrogen and oxygen atoms in total. The molecule has 164 valence electrons. The minimum absolute atomic E-state index is 0.153. The summed E-state index contributed by atoms with van der Waals surface area (Å²) in [6, 6.07) is 10.3. The van der Waals surface area contributed by atoms with Gasteiger partial charge >= 0.3 is 0 Å². The maximum Gasteiger partial charge on any atom is 0.290 e. The molecule has 1 saturated heterocycles. The average molecular weight is 441 g/mol.